The van der Waals surface area contributed by atoms with E-state index in [0.717, 1.165) is 16.3 Å². The second kappa shape index (κ2) is 13.3. The van der Waals surface area contributed by atoms with Gasteiger partial charge >= 0.3 is 12.0 Å². The number of nitrogens with one attached hydrogen (secondary N) is 2. The fraction of sp³-hybridized carbons (Fsp3) is 0.481. The molecule has 0 unspecified atom stereocenters. The van der Waals surface area contributed by atoms with Crippen molar-refractivity contribution in [2.75, 3.05) is 7.05 Å². The van der Waals surface area contributed by atoms with E-state index >= 15 is 0 Å². The molecule has 1 saturated heterocycles. The highest BCUT2D eigenvalue weighted by Crippen LogP contribution is 2.20. The van der Waals surface area contributed by atoms with E-state index in [9.17, 15) is 24.0 Å². The van der Waals surface area contributed by atoms with Crippen molar-refractivity contribution < 1.29 is 28.8 Å². The predicted molar refractivity (Wildman–Crippen MR) is 144 cm³/mol. The predicted octanol–water partition coefficient (Wildman–Crippen LogP) is 2.77. The average molecular weight is 558 g/mol. The van der Waals surface area contributed by atoms with Crippen molar-refractivity contribution in [3.63, 3.8) is 0 Å². The van der Waals surface area contributed by atoms with Crippen LogP contribution in [-0.2, 0) is 37.0 Å². The molecular weight excluding hydrogens is 522 g/mol. The molecule has 3 rings (SSSR count). The number of carbonyl (C=O) groups excluding carboxylic acids is 5. The third-order valence-electron chi connectivity index (χ3n) is 6.11. The number of aromatic nitrogens is 1. The SMILES string of the molecule is CC(C)c1nc(CN(C)C(=O)N[C@H](C(=O)N[C@@H](Cc2ccccc2)C(=O)ON2C(=O)CCC2=O)C(C)C)cs1. The van der Waals surface area contributed by atoms with Crippen molar-refractivity contribution in [2.24, 2.45) is 5.92 Å². The van der Waals surface area contributed by atoms with Crippen molar-refractivity contribution in [1.82, 2.24) is 25.6 Å². The molecule has 0 aliphatic carbocycles. The Kier molecular flexibility index (Phi) is 10.2. The summed E-state index contributed by atoms with van der Waals surface area (Å²) in [5.74, 6) is -2.81. The number of rotatable bonds is 11. The van der Waals surface area contributed by atoms with Gasteiger partial charge in [0.15, 0.2) is 0 Å². The van der Waals surface area contributed by atoms with Crippen LogP contribution < -0.4 is 10.6 Å². The molecule has 0 spiro atoms. The summed E-state index contributed by atoms with van der Waals surface area (Å²) >= 11 is 1.53. The molecule has 5 amide bonds. The highest BCUT2D eigenvalue weighted by atomic mass is 32.1. The number of benzene rings is 1. The van der Waals surface area contributed by atoms with Crippen LogP contribution in [0.25, 0.3) is 0 Å². The summed E-state index contributed by atoms with van der Waals surface area (Å²) in [6.07, 6.45) is -0.0325. The Morgan fingerprint density at radius 3 is 2.26 bits per heavy atom. The number of thiazole rings is 1. The summed E-state index contributed by atoms with van der Waals surface area (Å²) < 4.78 is 0. The summed E-state index contributed by atoms with van der Waals surface area (Å²) in [6.45, 7) is 7.90. The van der Waals surface area contributed by atoms with Gasteiger partial charge in [-0.2, -0.15) is 0 Å². The van der Waals surface area contributed by atoms with Crippen LogP contribution in [-0.4, -0.2) is 63.8 Å². The zero-order valence-corrected chi connectivity index (χ0v) is 23.6. The van der Waals surface area contributed by atoms with E-state index < -0.39 is 41.8 Å². The fourth-order valence-electron chi connectivity index (χ4n) is 3.87. The lowest BCUT2D eigenvalue weighted by Gasteiger charge is -2.27. The van der Waals surface area contributed by atoms with Crippen molar-refractivity contribution in [1.29, 1.82) is 0 Å². The largest absolute Gasteiger partial charge is 0.355 e. The van der Waals surface area contributed by atoms with E-state index in [1.165, 1.54) is 16.2 Å². The Labute approximate surface area is 231 Å². The third-order valence-corrected chi connectivity index (χ3v) is 7.30. The van der Waals surface area contributed by atoms with Crippen molar-refractivity contribution >= 4 is 41.1 Å². The quantitative estimate of drug-likeness (QED) is 0.405. The topological polar surface area (TPSA) is 138 Å². The van der Waals surface area contributed by atoms with E-state index in [1.807, 2.05) is 25.3 Å². The van der Waals surface area contributed by atoms with Crippen LogP contribution in [0, 0.1) is 5.92 Å². The van der Waals surface area contributed by atoms with Crippen LogP contribution in [0.15, 0.2) is 35.7 Å². The first-order valence-corrected chi connectivity index (χ1v) is 13.7. The van der Waals surface area contributed by atoms with Gasteiger partial charge < -0.3 is 20.4 Å². The number of nitrogens with zero attached hydrogens (tertiary/aromatic N) is 3. The number of amides is 5. The molecule has 1 fully saturated rings. The van der Waals surface area contributed by atoms with Crippen LogP contribution in [0.4, 0.5) is 4.79 Å². The smallest absolute Gasteiger partial charge is 0.341 e. The molecule has 0 saturated carbocycles. The molecular formula is C27H35N5O6S. The highest BCUT2D eigenvalue weighted by molar-refractivity contribution is 7.09. The number of hydroxylamine groups is 2. The maximum atomic E-state index is 13.3. The first kappa shape index (κ1) is 29.8. The maximum Gasteiger partial charge on any atom is 0.355 e. The van der Waals surface area contributed by atoms with Gasteiger partial charge in [0.05, 0.1) is 17.2 Å². The molecule has 2 heterocycles. The number of urea groups is 1. The lowest BCUT2D eigenvalue weighted by Crippen LogP contribution is -2.56. The van der Waals surface area contributed by atoms with E-state index in [-0.39, 0.29) is 37.6 Å². The van der Waals surface area contributed by atoms with Gasteiger partial charge in [-0.05, 0) is 11.5 Å². The van der Waals surface area contributed by atoms with E-state index in [1.54, 1.807) is 45.2 Å². The molecule has 210 valence electrons. The first-order valence-electron chi connectivity index (χ1n) is 12.8. The highest BCUT2D eigenvalue weighted by Gasteiger charge is 2.36. The molecule has 2 N–H and O–H groups in total. The number of imide groups is 1. The lowest BCUT2D eigenvalue weighted by molar-refractivity contribution is -0.199. The zero-order chi connectivity index (χ0) is 28.7. The van der Waals surface area contributed by atoms with E-state index in [0.29, 0.717) is 5.06 Å². The van der Waals surface area contributed by atoms with Crippen molar-refractivity contribution in [3.05, 3.63) is 52.0 Å². The van der Waals surface area contributed by atoms with Gasteiger partial charge in [-0.1, -0.05) is 58.0 Å². The van der Waals surface area contributed by atoms with E-state index in [4.69, 9.17) is 4.84 Å². The van der Waals surface area contributed by atoms with E-state index in [2.05, 4.69) is 15.6 Å². The molecule has 1 aliphatic heterocycles. The summed E-state index contributed by atoms with van der Waals surface area (Å²) in [4.78, 5) is 74.3. The molecule has 1 aromatic heterocycles. The Balaban J connectivity index is 1.70. The molecule has 39 heavy (non-hydrogen) atoms. The fourth-order valence-corrected chi connectivity index (χ4v) is 4.70. The molecule has 12 heteroatoms. The zero-order valence-electron chi connectivity index (χ0n) is 22.8. The standard InChI is InChI=1S/C27H35N5O6S/c1-16(2)23(30-27(37)31(5)14-19-15-39-25(28-19)17(3)4)24(35)29-20(13-18-9-7-6-8-10-18)26(36)38-32-21(33)11-12-22(32)34/h6-10,15-17,20,23H,11-14H2,1-5H3,(H,29,35)(H,30,37)/t20-,23-/m0/s1. The summed E-state index contributed by atoms with van der Waals surface area (Å²) in [5, 5.41) is 8.73. The van der Waals surface area contributed by atoms with Crippen molar-refractivity contribution in [3.8, 4) is 0 Å². The Morgan fingerprint density at radius 1 is 1.05 bits per heavy atom. The van der Waals surface area contributed by atoms with Crippen LogP contribution in [0.3, 0.4) is 0 Å². The minimum Gasteiger partial charge on any atom is -0.341 e. The Bertz CT molecular complexity index is 1180. The van der Waals surface area contributed by atoms with Gasteiger partial charge in [0.1, 0.15) is 12.1 Å². The number of hydrogen-bond donors (Lipinski definition) is 2. The Hall–Kier alpha value is -3.80. The van der Waals surface area contributed by atoms with Gasteiger partial charge in [0.2, 0.25) is 5.91 Å². The third kappa shape index (κ3) is 8.09. The second-order valence-corrected chi connectivity index (χ2v) is 11.0. The van der Waals surface area contributed by atoms with Gasteiger partial charge in [-0.3, -0.25) is 14.4 Å². The van der Waals surface area contributed by atoms with Crippen LogP contribution >= 0.6 is 11.3 Å². The monoisotopic (exact) mass is 557 g/mol. The van der Waals surface area contributed by atoms with Crippen molar-refractivity contribution in [2.45, 2.75) is 71.5 Å². The van der Waals surface area contributed by atoms with Gasteiger partial charge in [-0.15, -0.1) is 16.4 Å². The maximum absolute atomic E-state index is 13.3. The summed E-state index contributed by atoms with van der Waals surface area (Å²) in [7, 11) is 1.61. The number of hydrogen-bond acceptors (Lipinski definition) is 8. The minimum absolute atomic E-state index is 0.0452. The summed E-state index contributed by atoms with van der Waals surface area (Å²) in [6, 6.07) is 6.28. The molecule has 1 aromatic carbocycles. The van der Waals surface area contributed by atoms with Crippen LogP contribution in [0.5, 0.6) is 0 Å². The lowest BCUT2D eigenvalue weighted by atomic mass is 10.0. The minimum atomic E-state index is -1.21. The molecule has 2 atom stereocenters. The molecule has 0 radical (unpaired) electrons. The van der Waals surface area contributed by atoms with Gasteiger partial charge in [0, 0.05) is 37.6 Å². The summed E-state index contributed by atoms with van der Waals surface area (Å²) in [5.41, 5.74) is 1.48. The molecule has 1 aliphatic rings. The van der Waals surface area contributed by atoms with Gasteiger partial charge in [0.25, 0.3) is 11.8 Å². The molecule has 2 aromatic rings. The average Bonchev–Trinajstić information content (AvgIpc) is 3.49. The Morgan fingerprint density at radius 2 is 1.69 bits per heavy atom. The first-order chi connectivity index (χ1) is 18.5. The second-order valence-electron chi connectivity index (χ2n) is 10.1. The normalized spacial score (nSPS) is 14.9. The van der Waals surface area contributed by atoms with Gasteiger partial charge in [-0.25, -0.2) is 14.6 Å². The number of carbonyl (C=O) groups is 5. The van der Waals surface area contributed by atoms with Crippen LogP contribution in [0.2, 0.25) is 0 Å². The molecule has 0 bridgehead atoms. The molecule has 11 nitrogen and oxygen atoms in total. The van der Waals surface area contributed by atoms with Crippen LogP contribution in [0.1, 0.15) is 62.7 Å².